The minimum atomic E-state index is -0.983. The summed E-state index contributed by atoms with van der Waals surface area (Å²) in [5, 5.41) is 31.5. The maximum absolute atomic E-state index is 11.6. The highest BCUT2D eigenvalue weighted by Gasteiger charge is 2.28. The summed E-state index contributed by atoms with van der Waals surface area (Å²) >= 11 is 5.53. The minimum absolute atomic E-state index is 0.181. The molecule has 200 valence electrons. The molecule has 2 rings (SSSR count). The van der Waals surface area contributed by atoms with E-state index in [1.54, 1.807) is 9.80 Å². The third-order valence-electron chi connectivity index (χ3n) is 6.53. The van der Waals surface area contributed by atoms with Gasteiger partial charge in [-0.1, -0.05) is 38.2 Å². The molecule has 1 unspecified atom stereocenters. The molecule has 1 aliphatic heterocycles. The smallest absolute Gasteiger partial charge is 0.317 e. The Morgan fingerprint density at radius 1 is 0.889 bits per heavy atom. The van der Waals surface area contributed by atoms with E-state index in [1.807, 2.05) is 29.2 Å². The molecular weight excluding hydrogens is 484 g/mol. The molecule has 1 saturated heterocycles. The SMILES string of the molecule is CCC(CC)C(=S)Nc1ccc(CC2CN(CC(=O)O)CCN(CC(=O)O)CCN2CC(=O)O)cc1. The zero-order valence-corrected chi connectivity index (χ0v) is 21.9. The van der Waals surface area contributed by atoms with Gasteiger partial charge < -0.3 is 20.6 Å². The molecule has 1 heterocycles. The molecule has 0 saturated carbocycles. The van der Waals surface area contributed by atoms with Crippen LogP contribution in [0.3, 0.4) is 0 Å². The first kappa shape index (κ1) is 29.6. The molecule has 0 amide bonds. The Morgan fingerprint density at radius 3 is 1.97 bits per heavy atom. The summed E-state index contributed by atoms with van der Waals surface area (Å²) in [6, 6.07) is 7.59. The van der Waals surface area contributed by atoms with Crippen LogP contribution in [0.25, 0.3) is 0 Å². The van der Waals surface area contributed by atoms with E-state index in [9.17, 15) is 29.7 Å². The first-order chi connectivity index (χ1) is 17.1. The number of carbonyl (C=O) groups is 3. The summed E-state index contributed by atoms with van der Waals surface area (Å²) in [4.78, 5) is 40.5. The molecule has 0 bridgehead atoms. The predicted molar refractivity (Wildman–Crippen MR) is 142 cm³/mol. The number of nitrogens with one attached hydrogen (secondary N) is 1. The predicted octanol–water partition coefficient (Wildman–Crippen LogP) is 1.95. The Bertz CT molecular complexity index is 893. The number of nitrogens with zero attached hydrogens (tertiary/aromatic N) is 3. The van der Waals surface area contributed by atoms with Crippen molar-refractivity contribution in [3.8, 4) is 0 Å². The van der Waals surface area contributed by atoms with Gasteiger partial charge in [-0.25, -0.2) is 0 Å². The molecule has 1 aromatic carbocycles. The van der Waals surface area contributed by atoms with Crippen molar-refractivity contribution in [3.05, 3.63) is 29.8 Å². The van der Waals surface area contributed by atoms with Crippen molar-refractivity contribution in [2.24, 2.45) is 5.92 Å². The van der Waals surface area contributed by atoms with Crippen LogP contribution >= 0.6 is 12.2 Å². The van der Waals surface area contributed by atoms with Crippen molar-refractivity contribution >= 4 is 40.8 Å². The maximum Gasteiger partial charge on any atom is 0.317 e. The topological polar surface area (TPSA) is 134 Å². The van der Waals surface area contributed by atoms with Gasteiger partial charge in [-0.2, -0.15) is 0 Å². The lowest BCUT2D eigenvalue weighted by molar-refractivity contribution is -0.140. The molecule has 1 aliphatic rings. The number of aliphatic carboxylic acids is 3. The first-order valence-electron chi connectivity index (χ1n) is 12.3. The van der Waals surface area contributed by atoms with Crippen LogP contribution in [0.4, 0.5) is 5.69 Å². The summed E-state index contributed by atoms with van der Waals surface area (Å²) in [6.45, 7) is 5.52. The number of anilines is 1. The molecule has 1 aromatic rings. The average molecular weight is 523 g/mol. The van der Waals surface area contributed by atoms with Crippen molar-refractivity contribution in [3.63, 3.8) is 0 Å². The highest BCUT2D eigenvalue weighted by Crippen LogP contribution is 2.18. The summed E-state index contributed by atoms with van der Waals surface area (Å²) in [6.07, 6.45) is 2.47. The maximum atomic E-state index is 11.6. The van der Waals surface area contributed by atoms with E-state index < -0.39 is 17.9 Å². The minimum Gasteiger partial charge on any atom is -0.480 e. The van der Waals surface area contributed by atoms with Crippen LogP contribution in [0, 0.1) is 5.92 Å². The number of thiocarbonyl (C=S) groups is 1. The monoisotopic (exact) mass is 522 g/mol. The van der Waals surface area contributed by atoms with E-state index in [4.69, 9.17) is 12.2 Å². The highest BCUT2D eigenvalue weighted by molar-refractivity contribution is 7.80. The highest BCUT2D eigenvalue weighted by atomic mass is 32.1. The molecule has 4 N–H and O–H groups in total. The summed E-state index contributed by atoms with van der Waals surface area (Å²) in [5.41, 5.74) is 1.88. The number of benzene rings is 1. The lowest BCUT2D eigenvalue weighted by atomic mass is 10.0. The van der Waals surface area contributed by atoms with E-state index in [-0.39, 0.29) is 25.7 Å². The van der Waals surface area contributed by atoms with E-state index in [2.05, 4.69) is 19.2 Å². The van der Waals surface area contributed by atoms with Gasteiger partial charge in [0.05, 0.1) is 24.6 Å². The largest absolute Gasteiger partial charge is 0.480 e. The second-order valence-electron chi connectivity index (χ2n) is 9.22. The van der Waals surface area contributed by atoms with Gasteiger partial charge in [-0.15, -0.1) is 0 Å². The van der Waals surface area contributed by atoms with Crippen LogP contribution in [0.1, 0.15) is 32.3 Å². The average Bonchev–Trinajstić information content (AvgIpc) is 2.86. The molecule has 1 fully saturated rings. The van der Waals surface area contributed by atoms with Crippen molar-refractivity contribution in [1.82, 2.24) is 14.7 Å². The fourth-order valence-electron chi connectivity index (χ4n) is 4.51. The standard InChI is InChI=1S/C25H38N4O6S/c1-3-19(4-2)25(36)26-20-7-5-18(6-8-20)13-21-14-28(16-23(32)33)10-9-27(15-22(30)31)11-12-29(21)17-24(34)35/h5-8,19,21H,3-4,9-17H2,1-2H3,(H,26,36)(H,30,31)(H,32,33)(H,34,35). The van der Waals surface area contributed by atoms with Gasteiger partial charge in [0.15, 0.2) is 0 Å². The van der Waals surface area contributed by atoms with Crippen LogP contribution in [0.2, 0.25) is 0 Å². The van der Waals surface area contributed by atoms with E-state index in [1.165, 1.54) is 0 Å². The van der Waals surface area contributed by atoms with Gasteiger partial charge in [0.25, 0.3) is 0 Å². The second-order valence-corrected chi connectivity index (χ2v) is 9.66. The summed E-state index contributed by atoms with van der Waals surface area (Å²) in [5.74, 6) is -2.61. The number of carboxylic acid groups (broad SMARTS) is 3. The first-order valence-corrected chi connectivity index (χ1v) is 12.8. The Kier molecular flexibility index (Phi) is 12.2. The lowest BCUT2D eigenvalue weighted by Gasteiger charge is -2.33. The van der Waals surface area contributed by atoms with Gasteiger partial charge in [-0.05, 0) is 37.0 Å². The molecule has 0 radical (unpaired) electrons. The van der Waals surface area contributed by atoms with Gasteiger partial charge in [-0.3, -0.25) is 29.1 Å². The Labute approximate surface area is 217 Å². The summed E-state index contributed by atoms with van der Waals surface area (Å²) in [7, 11) is 0. The second kappa shape index (κ2) is 14.8. The quantitative estimate of drug-likeness (QED) is 0.300. The van der Waals surface area contributed by atoms with Crippen LogP contribution in [-0.4, -0.2) is 111 Å². The molecule has 0 aliphatic carbocycles. The van der Waals surface area contributed by atoms with Crippen LogP contribution in [-0.2, 0) is 20.8 Å². The normalized spacial score (nSPS) is 18.2. The van der Waals surface area contributed by atoms with Crippen molar-refractivity contribution < 1.29 is 29.7 Å². The molecule has 11 heteroatoms. The van der Waals surface area contributed by atoms with Crippen LogP contribution in [0.15, 0.2) is 24.3 Å². The molecule has 0 aromatic heterocycles. The van der Waals surface area contributed by atoms with Gasteiger partial charge in [0.2, 0.25) is 0 Å². The van der Waals surface area contributed by atoms with Crippen molar-refractivity contribution in [1.29, 1.82) is 0 Å². The molecule has 1 atom stereocenters. The molecular formula is C25H38N4O6S. The zero-order chi connectivity index (χ0) is 26.7. The van der Waals surface area contributed by atoms with Crippen molar-refractivity contribution in [2.75, 3.05) is 57.7 Å². The van der Waals surface area contributed by atoms with E-state index >= 15 is 0 Å². The van der Waals surface area contributed by atoms with E-state index in [0.717, 1.165) is 29.1 Å². The van der Waals surface area contributed by atoms with Gasteiger partial charge in [0, 0.05) is 50.4 Å². The summed E-state index contributed by atoms with van der Waals surface area (Å²) < 4.78 is 0. The van der Waals surface area contributed by atoms with Gasteiger partial charge in [0.1, 0.15) is 0 Å². The fraction of sp³-hybridized carbons (Fsp3) is 0.600. The third-order valence-corrected chi connectivity index (χ3v) is 6.96. The fourth-order valence-corrected chi connectivity index (χ4v) is 4.96. The van der Waals surface area contributed by atoms with Crippen molar-refractivity contribution in [2.45, 2.75) is 39.2 Å². The number of rotatable bonds is 12. The number of carboxylic acids is 3. The molecule has 36 heavy (non-hydrogen) atoms. The van der Waals surface area contributed by atoms with Crippen LogP contribution in [0.5, 0.6) is 0 Å². The van der Waals surface area contributed by atoms with Crippen LogP contribution < -0.4 is 5.32 Å². The number of hydrogen-bond donors (Lipinski definition) is 4. The molecule has 0 spiro atoms. The van der Waals surface area contributed by atoms with E-state index in [0.29, 0.717) is 45.1 Å². The number of hydrogen-bond acceptors (Lipinski definition) is 7. The third kappa shape index (κ3) is 10.2. The Hall–Kier alpha value is -2.60. The lowest BCUT2D eigenvalue weighted by Crippen LogP contribution is -2.49. The Balaban J connectivity index is 2.22. The zero-order valence-electron chi connectivity index (χ0n) is 21.1. The molecule has 10 nitrogen and oxygen atoms in total. The Morgan fingerprint density at radius 2 is 1.42 bits per heavy atom. The van der Waals surface area contributed by atoms with Gasteiger partial charge >= 0.3 is 17.9 Å².